The number of nitrogens with zero attached hydrogens (tertiary/aromatic N) is 1. The molecule has 1 amide bonds. The van der Waals surface area contributed by atoms with Crippen molar-refractivity contribution < 1.29 is 23.8 Å². The predicted octanol–water partition coefficient (Wildman–Crippen LogP) is 4.80. The molecule has 0 radical (unpaired) electrons. The van der Waals surface area contributed by atoms with Crippen LogP contribution in [-0.4, -0.2) is 29.1 Å². The van der Waals surface area contributed by atoms with Crippen LogP contribution in [0.25, 0.3) is 11.3 Å². The molecular formula is C23H20ClFN2O4. The van der Waals surface area contributed by atoms with Gasteiger partial charge in [-0.05, 0) is 48.4 Å². The number of carboxylic acids is 1. The number of nitrogens with one attached hydrogen (secondary N) is 1. The molecule has 0 aliphatic rings. The largest absolute Gasteiger partial charge is 0.494 e. The Labute approximate surface area is 183 Å². The topological polar surface area (TPSA) is 88.5 Å². The second-order valence-corrected chi connectivity index (χ2v) is 7.26. The van der Waals surface area contributed by atoms with E-state index in [1.54, 1.807) is 18.2 Å². The number of aliphatic carboxylic acids is 1. The summed E-state index contributed by atoms with van der Waals surface area (Å²) in [5.74, 6) is -1.79. The number of amides is 1. The molecule has 2 N–H and O–H groups in total. The maximum atomic E-state index is 13.6. The summed E-state index contributed by atoms with van der Waals surface area (Å²) in [5, 5.41) is 12.0. The van der Waals surface area contributed by atoms with Crippen molar-refractivity contribution in [1.82, 2.24) is 10.3 Å². The van der Waals surface area contributed by atoms with E-state index in [1.165, 1.54) is 31.4 Å². The number of hydrogen-bond acceptors (Lipinski definition) is 4. The Bertz CT molecular complexity index is 1140. The maximum absolute atomic E-state index is 13.6. The lowest BCUT2D eigenvalue weighted by Crippen LogP contribution is -2.31. The Hall–Kier alpha value is -3.45. The van der Waals surface area contributed by atoms with Gasteiger partial charge in [0, 0.05) is 5.56 Å². The first-order valence-corrected chi connectivity index (χ1v) is 9.76. The van der Waals surface area contributed by atoms with Crippen LogP contribution in [0.2, 0.25) is 5.02 Å². The zero-order chi connectivity index (χ0) is 22.5. The van der Waals surface area contributed by atoms with Gasteiger partial charge >= 0.3 is 5.97 Å². The van der Waals surface area contributed by atoms with Crippen LogP contribution in [0, 0.1) is 12.7 Å². The van der Waals surface area contributed by atoms with E-state index < -0.39 is 23.7 Å². The molecule has 0 fully saturated rings. The van der Waals surface area contributed by atoms with Gasteiger partial charge in [0.2, 0.25) is 0 Å². The van der Waals surface area contributed by atoms with Gasteiger partial charge in [0.15, 0.2) is 0 Å². The van der Waals surface area contributed by atoms with Crippen molar-refractivity contribution in [3.63, 3.8) is 0 Å². The van der Waals surface area contributed by atoms with E-state index in [1.807, 2.05) is 19.1 Å². The van der Waals surface area contributed by atoms with Crippen molar-refractivity contribution in [2.75, 3.05) is 7.11 Å². The minimum atomic E-state index is -1.04. The number of halogens is 2. The summed E-state index contributed by atoms with van der Waals surface area (Å²) in [6.07, 6.45) is -0.285. The molecule has 0 saturated heterocycles. The number of carboxylic acid groups (broad SMARTS) is 1. The van der Waals surface area contributed by atoms with E-state index in [0.29, 0.717) is 22.6 Å². The zero-order valence-corrected chi connectivity index (χ0v) is 17.6. The molecule has 0 saturated carbocycles. The quantitative estimate of drug-likeness (QED) is 0.548. The molecule has 2 aromatic carbocycles. The molecule has 3 rings (SSSR count). The second-order valence-electron chi connectivity index (χ2n) is 6.86. The maximum Gasteiger partial charge on any atom is 0.305 e. The van der Waals surface area contributed by atoms with Crippen molar-refractivity contribution >= 4 is 23.5 Å². The summed E-state index contributed by atoms with van der Waals surface area (Å²) in [7, 11) is 1.45. The molecule has 0 bridgehead atoms. The molecular weight excluding hydrogens is 423 g/mol. The number of carbonyl (C=O) groups is 2. The highest BCUT2D eigenvalue weighted by Crippen LogP contribution is 2.31. The highest BCUT2D eigenvalue weighted by atomic mass is 35.5. The van der Waals surface area contributed by atoms with Gasteiger partial charge in [0.05, 0.1) is 24.6 Å². The number of carbonyl (C=O) groups excluding carboxylic acids is 1. The van der Waals surface area contributed by atoms with Gasteiger partial charge in [0.25, 0.3) is 5.91 Å². The van der Waals surface area contributed by atoms with Crippen LogP contribution >= 0.6 is 11.6 Å². The normalized spacial score (nSPS) is 11.6. The van der Waals surface area contributed by atoms with Crippen molar-refractivity contribution in [1.29, 1.82) is 0 Å². The predicted molar refractivity (Wildman–Crippen MR) is 115 cm³/mol. The third-order valence-corrected chi connectivity index (χ3v) is 5.04. The standard InChI is InChI=1S/C23H20ClFN2O4/c1-13-5-3-4-6-15(13)19(12-21(28)29)27-23(30)18-9-10-20(31-2)22(26-18)14-7-8-17(25)16(24)11-14/h3-11,19H,12H2,1-2H3,(H,27,30)(H,28,29). The number of methoxy groups -OCH3 is 1. The zero-order valence-electron chi connectivity index (χ0n) is 16.9. The van der Waals surface area contributed by atoms with Crippen molar-refractivity contribution in [3.8, 4) is 17.0 Å². The van der Waals surface area contributed by atoms with E-state index in [-0.39, 0.29) is 17.1 Å². The molecule has 31 heavy (non-hydrogen) atoms. The molecule has 160 valence electrons. The summed E-state index contributed by atoms with van der Waals surface area (Å²) < 4.78 is 18.9. The van der Waals surface area contributed by atoms with Gasteiger partial charge in [-0.3, -0.25) is 9.59 Å². The van der Waals surface area contributed by atoms with E-state index in [4.69, 9.17) is 16.3 Å². The molecule has 1 heterocycles. The Morgan fingerprint density at radius 3 is 2.58 bits per heavy atom. The minimum Gasteiger partial charge on any atom is -0.494 e. The van der Waals surface area contributed by atoms with Gasteiger partial charge in [-0.15, -0.1) is 0 Å². The highest BCUT2D eigenvalue weighted by molar-refractivity contribution is 6.31. The number of benzene rings is 2. The van der Waals surface area contributed by atoms with Gasteiger partial charge in [-0.2, -0.15) is 0 Å². The molecule has 0 aliphatic carbocycles. The Morgan fingerprint density at radius 1 is 1.19 bits per heavy atom. The summed E-state index contributed by atoms with van der Waals surface area (Å²) in [4.78, 5) is 28.7. The lowest BCUT2D eigenvalue weighted by Gasteiger charge is -2.19. The summed E-state index contributed by atoms with van der Waals surface area (Å²) in [6, 6.07) is 13.6. The lowest BCUT2D eigenvalue weighted by atomic mass is 9.98. The monoisotopic (exact) mass is 442 g/mol. The molecule has 6 nitrogen and oxygen atoms in total. The number of aryl methyl sites for hydroxylation is 1. The first kappa shape index (κ1) is 22.2. The first-order valence-electron chi connectivity index (χ1n) is 9.38. The van der Waals surface area contributed by atoms with Gasteiger partial charge in [0.1, 0.15) is 23.0 Å². The smallest absolute Gasteiger partial charge is 0.305 e. The fourth-order valence-corrected chi connectivity index (χ4v) is 3.39. The average Bonchev–Trinajstić information content (AvgIpc) is 2.74. The second kappa shape index (κ2) is 9.57. The van der Waals surface area contributed by atoms with Crippen molar-refractivity contribution in [2.45, 2.75) is 19.4 Å². The third kappa shape index (κ3) is 5.19. The summed E-state index contributed by atoms with van der Waals surface area (Å²) in [6.45, 7) is 1.85. The molecule has 1 unspecified atom stereocenters. The minimum absolute atomic E-state index is 0.0558. The number of ether oxygens (including phenoxy) is 1. The van der Waals surface area contributed by atoms with Crippen LogP contribution in [0.3, 0.4) is 0 Å². The average molecular weight is 443 g/mol. The summed E-state index contributed by atoms with van der Waals surface area (Å²) >= 11 is 5.88. The Kier molecular flexibility index (Phi) is 6.87. The first-order chi connectivity index (χ1) is 14.8. The van der Waals surface area contributed by atoms with Crippen molar-refractivity contribution in [2.24, 2.45) is 0 Å². The number of pyridine rings is 1. The molecule has 1 aromatic heterocycles. The fraction of sp³-hybridized carbons (Fsp3) is 0.174. The fourth-order valence-electron chi connectivity index (χ4n) is 3.21. The van der Waals surface area contributed by atoms with Crippen LogP contribution in [0.15, 0.2) is 54.6 Å². The van der Waals surface area contributed by atoms with Crippen LogP contribution < -0.4 is 10.1 Å². The van der Waals surface area contributed by atoms with Gasteiger partial charge < -0.3 is 15.2 Å². The molecule has 3 aromatic rings. The van der Waals surface area contributed by atoms with Crippen LogP contribution in [0.1, 0.15) is 34.1 Å². The van der Waals surface area contributed by atoms with Crippen molar-refractivity contribution in [3.05, 3.63) is 82.3 Å². The lowest BCUT2D eigenvalue weighted by molar-refractivity contribution is -0.137. The van der Waals surface area contributed by atoms with Crippen LogP contribution in [0.4, 0.5) is 4.39 Å². The van der Waals surface area contributed by atoms with E-state index >= 15 is 0 Å². The van der Waals surface area contributed by atoms with Gasteiger partial charge in [-0.25, -0.2) is 9.37 Å². The number of hydrogen-bond donors (Lipinski definition) is 2. The Morgan fingerprint density at radius 2 is 1.94 bits per heavy atom. The highest BCUT2D eigenvalue weighted by Gasteiger charge is 2.22. The number of aromatic nitrogens is 1. The van der Waals surface area contributed by atoms with E-state index in [2.05, 4.69) is 10.3 Å². The number of rotatable bonds is 7. The molecule has 1 atom stereocenters. The van der Waals surface area contributed by atoms with Gasteiger partial charge in [-0.1, -0.05) is 35.9 Å². The third-order valence-electron chi connectivity index (χ3n) is 4.75. The SMILES string of the molecule is COc1ccc(C(=O)NC(CC(=O)O)c2ccccc2C)nc1-c1ccc(F)c(Cl)c1. The van der Waals surface area contributed by atoms with Crippen LogP contribution in [-0.2, 0) is 4.79 Å². The van der Waals surface area contributed by atoms with Crippen LogP contribution in [0.5, 0.6) is 5.75 Å². The molecule has 0 aliphatic heterocycles. The molecule has 0 spiro atoms. The molecule has 8 heteroatoms. The Balaban J connectivity index is 1.95. The summed E-state index contributed by atoms with van der Waals surface area (Å²) in [5.41, 5.74) is 2.40. The van der Waals surface area contributed by atoms with E-state index in [9.17, 15) is 19.1 Å². The van der Waals surface area contributed by atoms with E-state index in [0.717, 1.165) is 5.56 Å².